The molecular formula is C12H19ClN4. The Bertz CT molecular complexity index is 377. The summed E-state index contributed by atoms with van der Waals surface area (Å²) in [5.74, 6) is 1.49. The fourth-order valence-corrected chi connectivity index (χ4v) is 2.68. The summed E-state index contributed by atoms with van der Waals surface area (Å²) in [5, 5.41) is 3.59. The molecular weight excluding hydrogens is 236 g/mol. The number of nitrogens with zero attached hydrogens (tertiary/aromatic N) is 3. The summed E-state index contributed by atoms with van der Waals surface area (Å²) in [4.78, 5) is 10.9. The number of aromatic nitrogens is 2. The first kappa shape index (κ1) is 12.4. The molecule has 1 fully saturated rings. The lowest BCUT2D eigenvalue weighted by molar-refractivity contribution is 0.613. The molecule has 17 heavy (non-hydrogen) atoms. The highest BCUT2D eigenvalue weighted by atomic mass is 35.5. The van der Waals surface area contributed by atoms with E-state index in [0.717, 1.165) is 12.4 Å². The van der Waals surface area contributed by atoms with Crippen molar-refractivity contribution in [2.75, 3.05) is 23.8 Å². The molecule has 0 atom stereocenters. The molecule has 1 saturated carbocycles. The van der Waals surface area contributed by atoms with E-state index >= 15 is 0 Å². The highest BCUT2D eigenvalue weighted by Gasteiger charge is 2.24. The van der Waals surface area contributed by atoms with Gasteiger partial charge < -0.3 is 10.2 Å². The summed E-state index contributed by atoms with van der Waals surface area (Å²) in [6.07, 6.45) is 6.77. The zero-order valence-corrected chi connectivity index (χ0v) is 11.2. The van der Waals surface area contributed by atoms with Gasteiger partial charge >= 0.3 is 0 Å². The van der Waals surface area contributed by atoms with E-state index in [0.29, 0.717) is 17.0 Å². The zero-order valence-electron chi connectivity index (χ0n) is 10.4. The summed E-state index contributed by atoms with van der Waals surface area (Å²) in [6, 6.07) is 0.581. The van der Waals surface area contributed by atoms with E-state index in [4.69, 9.17) is 11.6 Å². The minimum absolute atomic E-state index is 0.581. The standard InChI is InChI=1S/C12H19ClN4/c1-3-17(9-6-4-5-7-9)11-10(13)8-15-12(14-2)16-11/h8-9H,3-7H2,1-2H3,(H,14,15,16). The largest absolute Gasteiger partial charge is 0.357 e. The van der Waals surface area contributed by atoms with E-state index in [1.54, 1.807) is 6.20 Å². The lowest BCUT2D eigenvalue weighted by atomic mass is 10.2. The van der Waals surface area contributed by atoms with E-state index in [9.17, 15) is 0 Å². The van der Waals surface area contributed by atoms with E-state index in [1.807, 2.05) is 7.05 Å². The van der Waals surface area contributed by atoms with Crippen LogP contribution in [0.1, 0.15) is 32.6 Å². The smallest absolute Gasteiger partial charge is 0.224 e. The first-order chi connectivity index (χ1) is 8.26. The Hall–Kier alpha value is -1.03. The molecule has 0 saturated heterocycles. The Kier molecular flexibility index (Phi) is 4.05. The third kappa shape index (κ3) is 2.63. The molecule has 1 aromatic heterocycles. The molecule has 0 spiro atoms. The van der Waals surface area contributed by atoms with E-state index in [2.05, 4.69) is 27.1 Å². The van der Waals surface area contributed by atoms with E-state index < -0.39 is 0 Å². The SMILES string of the molecule is CCN(c1nc(NC)ncc1Cl)C1CCCC1. The lowest BCUT2D eigenvalue weighted by Crippen LogP contribution is -2.34. The Morgan fingerprint density at radius 2 is 2.18 bits per heavy atom. The number of halogens is 1. The molecule has 0 bridgehead atoms. The summed E-state index contributed by atoms with van der Waals surface area (Å²) in [6.45, 7) is 3.08. The van der Waals surface area contributed by atoms with Crippen LogP contribution in [0.15, 0.2) is 6.20 Å². The monoisotopic (exact) mass is 254 g/mol. The Morgan fingerprint density at radius 1 is 1.47 bits per heavy atom. The molecule has 1 aliphatic rings. The highest BCUT2D eigenvalue weighted by Crippen LogP contribution is 2.31. The third-order valence-electron chi connectivity index (χ3n) is 3.33. The minimum Gasteiger partial charge on any atom is -0.357 e. The summed E-state index contributed by atoms with van der Waals surface area (Å²) < 4.78 is 0. The highest BCUT2D eigenvalue weighted by molar-refractivity contribution is 6.32. The molecule has 0 aromatic carbocycles. The van der Waals surface area contributed by atoms with Gasteiger partial charge in [0, 0.05) is 19.6 Å². The maximum Gasteiger partial charge on any atom is 0.224 e. The van der Waals surface area contributed by atoms with Crippen molar-refractivity contribution in [1.82, 2.24) is 9.97 Å². The topological polar surface area (TPSA) is 41.1 Å². The molecule has 1 N–H and O–H groups in total. The van der Waals surface area contributed by atoms with Crippen LogP contribution in [0.3, 0.4) is 0 Å². The molecule has 0 unspecified atom stereocenters. The molecule has 5 heteroatoms. The molecule has 2 rings (SSSR count). The predicted octanol–water partition coefficient (Wildman–Crippen LogP) is 2.94. The van der Waals surface area contributed by atoms with Gasteiger partial charge in [-0.3, -0.25) is 0 Å². The van der Waals surface area contributed by atoms with Crippen molar-refractivity contribution in [1.29, 1.82) is 0 Å². The molecule has 1 aromatic rings. The second-order valence-electron chi connectivity index (χ2n) is 4.34. The maximum absolute atomic E-state index is 6.21. The second-order valence-corrected chi connectivity index (χ2v) is 4.75. The van der Waals surface area contributed by atoms with E-state index in [1.165, 1.54) is 25.7 Å². The van der Waals surface area contributed by atoms with Crippen LogP contribution in [0, 0.1) is 0 Å². The van der Waals surface area contributed by atoms with Gasteiger partial charge in [-0.1, -0.05) is 24.4 Å². The molecule has 4 nitrogen and oxygen atoms in total. The van der Waals surface area contributed by atoms with Gasteiger partial charge in [0.1, 0.15) is 5.02 Å². The quantitative estimate of drug-likeness (QED) is 0.897. The van der Waals surface area contributed by atoms with Gasteiger partial charge in [0.2, 0.25) is 5.95 Å². The van der Waals surface area contributed by atoms with Crippen LogP contribution in [0.25, 0.3) is 0 Å². The van der Waals surface area contributed by atoms with Gasteiger partial charge in [0.25, 0.3) is 0 Å². The zero-order chi connectivity index (χ0) is 12.3. The number of anilines is 2. The first-order valence-electron chi connectivity index (χ1n) is 6.23. The van der Waals surface area contributed by atoms with Gasteiger partial charge in [-0.05, 0) is 19.8 Å². The number of hydrogen-bond acceptors (Lipinski definition) is 4. The second kappa shape index (κ2) is 5.54. The van der Waals surface area contributed by atoms with Gasteiger partial charge in [-0.2, -0.15) is 4.98 Å². The van der Waals surface area contributed by atoms with Gasteiger partial charge in [0.05, 0.1) is 6.20 Å². The van der Waals surface area contributed by atoms with Crippen LogP contribution in [0.5, 0.6) is 0 Å². The van der Waals surface area contributed by atoms with Gasteiger partial charge in [0.15, 0.2) is 5.82 Å². The van der Waals surface area contributed by atoms with Crippen molar-refractivity contribution in [3.8, 4) is 0 Å². The van der Waals surface area contributed by atoms with Crippen LogP contribution in [0.4, 0.5) is 11.8 Å². The van der Waals surface area contributed by atoms with Crippen LogP contribution >= 0.6 is 11.6 Å². The van der Waals surface area contributed by atoms with Gasteiger partial charge in [-0.15, -0.1) is 0 Å². The predicted molar refractivity (Wildman–Crippen MR) is 71.9 cm³/mol. The molecule has 0 radical (unpaired) electrons. The summed E-state index contributed by atoms with van der Waals surface area (Å²) in [5.41, 5.74) is 0. The van der Waals surface area contributed by atoms with Crippen LogP contribution in [-0.2, 0) is 0 Å². The fourth-order valence-electron chi connectivity index (χ4n) is 2.48. The Morgan fingerprint density at radius 3 is 2.76 bits per heavy atom. The van der Waals surface area contributed by atoms with Crippen LogP contribution in [0.2, 0.25) is 5.02 Å². The Labute approximate surface area is 107 Å². The summed E-state index contributed by atoms with van der Waals surface area (Å²) >= 11 is 6.21. The third-order valence-corrected chi connectivity index (χ3v) is 3.59. The van der Waals surface area contributed by atoms with Crippen LogP contribution < -0.4 is 10.2 Å². The number of hydrogen-bond donors (Lipinski definition) is 1. The Balaban J connectivity index is 2.28. The van der Waals surface area contributed by atoms with Crippen molar-refractivity contribution in [2.45, 2.75) is 38.6 Å². The average Bonchev–Trinajstić information content (AvgIpc) is 2.86. The first-order valence-corrected chi connectivity index (χ1v) is 6.61. The normalized spacial score (nSPS) is 16.2. The van der Waals surface area contributed by atoms with Crippen molar-refractivity contribution in [3.05, 3.63) is 11.2 Å². The van der Waals surface area contributed by atoms with Crippen molar-refractivity contribution < 1.29 is 0 Å². The molecule has 94 valence electrons. The average molecular weight is 255 g/mol. The van der Waals surface area contributed by atoms with Gasteiger partial charge in [-0.25, -0.2) is 4.98 Å². The number of nitrogens with one attached hydrogen (secondary N) is 1. The molecule has 1 aliphatic carbocycles. The summed E-state index contributed by atoms with van der Waals surface area (Å²) in [7, 11) is 1.82. The molecule has 0 aliphatic heterocycles. The molecule has 1 heterocycles. The minimum atomic E-state index is 0.581. The van der Waals surface area contributed by atoms with Crippen molar-refractivity contribution in [3.63, 3.8) is 0 Å². The maximum atomic E-state index is 6.21. The van der Waals surface area contributed by atoms with E-state index in [-0.39, 0.29) is 0 Å². The van der Waals surface area contributed by atoms with Crippen LogP contribution in [-0.4, -0.2) is 29.6 Å². The fraction of sp³-hybridized carbons (Fsp3) is 0.667. The number of rotatable bonds is 4. The van der Waals surface area contributed by atoms with Crippen molar-refractivity contribution >= 4 is 23.4 Å². The molecule has 0 amide bonds. The lowest BCUT2D eigenvalue weighted by Gasteiger charge is -2.29. The van der Waals surface area contributed by atoms with Crippen molar-refractivity contribution in [2.24, 2.45) is 0 Å².